The average Bonchev–Trinajstić information content (AvgIpc) is 2.62. The van der Waals surface area contributed by atoms with E-state index < -0.39 is 5.97 Å². The lowest BCUT2D eigenvalue weighted by Gasteiger charge is -2.38. The van der Waals surface area contributed by atoms with Crippen LogP contribution in [-0.4, -0.2) is 39.4 Å². The number of nitrogens with two attached hydrogens (primary N) is 1. The molecule has 0 radical (unpaired) electrons. The van der Waals surface area contributed by atoms with Gasteiger partial charge in [-0.3, -0.25) is 0 Å². The molecular formula is C13H17N3O3. The summed E-state index contributed by atoms with van der Waals surface area (Å²) in [6.07, 6.45) is 4.53. The van der Waals surface area contributed by atoms with Gasteiger partial charge in [-0.25, -0.2) is 9.78 Å². The van der Waals surface area contributed by atoms with E-state index in [1.54, 1.807) is 0 Å². The molecular weight excluding hydrogens is 246 g/mol. The Bertz CT molecular complexity index is 506. The molecule has 19 heavy (non-hydrogen) atoms. The van der Waals surface area contributed by atoms with Crippen molar-refractivity contribution in [2.45, 2.75) is 43.9 Å². The minimum atomic E-state index is -1.01. The molecule has 2 saturated heterocycles. The molecule has 0 amide bonds. The maximum Gasteiger partial charge on any atom is 0.339 e. The zero-order valence-corrected chi connectivity index (χ0v) is 10.5. The van der Waals surface area contributed by atoms with Gasteiger partial charge in [-0.05, 0) is 31.7 Å². The molecule has 4 N–H and O–H groups in total. The van der Waals surface area contributed by atoms with E-state index in [0.717, 1.165) is 12.8 Å². The Hall–Kier alpha value is -1.82. The molecule has 2 bridgehead atoms. The third kappa shape index (κ3) is 2.02. The van der Waals surface area contributed by atoms with E-state index in [4.69, 9.17) is 5.73 Å². The SMILES string of the molecule is Nc1cnc(N2C3CCC2CC(O)C3)c(C(=O)O)c1. The van der Waals surface area contributed by atoms with E-state index in [0.29, 0.717) is 24.3 Å². The summed E-state index contributed by atoms with van der Waals surface area (Å²) in [5, 5.41) is 19.1. The lowest BCUT2D eigenvalue weighted by Crippen LogP contribution is -2.45. The summed E-state index contributed by atoms with van der Waals surface area (Å²) in [4.78, 5) is 17.6. The van der Waals surface area contributed by atoms with Gasteiger partial charge in [0.25, 0.3) is 0 Å². The Balaban J connectivity index is 2.01. The van der Waals surface area contributed by atoms with Crippen molar-refractivity contribution < 1.29 is 15.0 Å². The number of hydrogen-bond donors (Lipinski definition) is 3. The zero-order valence-electron chi connectivity index (χ0n) is 10.5. The van der Waals surface area contributed by atoms with Crippen LogP contribution in [0.3, 0.4) is 0 Å². The smallest absolute Gasteiger partial charge is 0.339 e. The number of aliphatic hydroxyl groups excluding tert-OH is 1. The highest BCUT2D eigenvalue weighted by Crippen LogP contribution is 2.39. The number of rotatable bonds is 2. The largest absolute Gasteiger partial charge is 0.478 e. The Morgan fingerprint density at radius 2 is 2.00 bits per heavy atom. The van der Waals surface area contributed by atoms with Crippen LogP contribution in [0.4, 0.5) is 11.5 Å². The quantitative estimate of drug-likeness (QED) is 0.731. The molecule has 2 unspecified atom stereocenters. The molecule has 3 rings (SSSR count). The van der Waals surface area contributed by atoms with E-state index in [9.17, 15) is 15.0 Å². The summed E-state index contributed by atoms with van der Waals surface area (Å²) < 4.78 is 0. The van der Waals surface area contributed by atoms with Gasteiger partial charge >= 0.3 is 5.97 Å². The minimum absolute atomic E-state index is 0.147. The van der Waals surface area contributed by atoms with Gasteiger partial charge in [0, 0.05) is 12.1 Å². The summed E-state index contributed by atoms with van der Waals surface area (Å²) in [6, 6.07) is 1.82. The van der Waals surface area contributed by atoms with E-state index in [2.05, 4.69) is 9.88 Å². The number of aromatic nitrogens is 1. The van der Waals surface area contributed by atoms with E-state index in [1.807, 2.05) is 0 Å². The van der Waals surface area contributed by atoms with Gasteiger partial charge in [-0.2, -0.15) is 0 Å². The molecule has 1 aromatic heterocycles. The summed E-state index contributed by atoms with van der Waals surface area (Å²) in [5.74, 6) is -0.526. The van der Waals surface area contributed by atoms with Crippen LogP contribution >= 0.6 is 0 Å². The molecule has 0 spiro atoms. The highest BCUT2D eigenvalue weighted by Gasteiger charge is 2.42. The van der Waals surface area contributed by atoms with Gasteiger partial charge in [-0.1, -0.05) is 0 Å². The molecule has 0 saturated carbocycles. The third-order valence-corrected chi connectivity index (χ3v) is 4.07. The van der Waals surface area contributed by atoms with Gasteiger partial charge in [0.15, 0.2) is 0 Å². The summed E-state index contributed by atoms with van der Waals surface area (Å²) in [7, 11) is 0. The van der Waals surface area contributed by atoms with Crippen molar-refractivity contribution in [1.82, 2.24) is 4.98 Å². The molecule has 3 heterocycles. The van der Waals surface area contributed by atoms with Crippen molar-refractivity contribution in [3.05, 3.63) is 17.8 Å². The molecule has 2 aliphatic rings. The summed E-state index contributed by atoms with van der Waals surface area (Å²) in [6.45, 7) is 0. The number of carboxylic acids is 1. The Morgan fingerprint density at radius 3 is 2.58 bits per heavy atom. The second-order valence-corrected chi connectivity index (χ2v) is 5.36. The van der Waals surface area contributed by atoms with E-state index >= 15 is 0 Å². The van der Waals surface area contributed by atoms with Crippen LogP contribution in [0.1, 0.15) is 36.0 Å². The molecule has 2 aliphatic heterocycles. The lowest BCUT2D eigenvalue weighted by atomic mass is 9.99. The molecule has 2 atom stereocenters. The number of carboxylic acid groups (broad SMARTS) is 1. The van der Waals surface area contributed by atoms with Crippen molar-refractivity contribution >= 4 is 17.5 Å². The highest BCUT2D eigenvalue weighted by molar-refractivity contribution is 5.94. The Kier molecular flexibility index (Phi) is 2.82. The topological polar surface area (TPSA) is 99.7 Å². The monoisotopic (exact) mass is 263 g/mol. The number of pyridine rings is 1. The van der Waals surface area contributed by atoms with E-state index in [1.165, 1.54) is 12.3 Å². The normalized spacial score (nSPS) is 29.5. The van der Waals surface area contributed by atoms with Crippen molar-refractivity contribution in [3.63, 3.8) is 0 Å². The zero-order chi connectivity index (χ0) is 13.6. The van der Waals surface area contributed by atoms with Gasteiger partial charge in [0.2, 0.25) is 0 Å². The Labute approximate surface area is 110 Å². The highest BCUT2D eigenvalue weighted by atomic mass is 16.4. The van der Waals surface area contributed by atoms with Crippen LogP contribution in [0.2, 0.25) is 0 Å². The minimum Gasteiger partial charge on any atom is -0.478 e. The number of aromatic carboxylic acids is 1. The maximum atomic E-state index is 11.3. The maximum absolute atomic E-state index is 11.3. The first-order valence-electron chi connectivity index (χ1n) is 6.51. The van der Waals surface area contributed by atoms with Crippen molar-refractivity contribution in [3.8, 4) is 0 Å². The molecule has 0 aromatic carbocycles. The predicted octanol–water partition coefficient (Wildman–Crippen LogP) is 0.854. The van der Waals surface area contributed by atoms with Gasteiger partial charge in [-0.15, -0.1) is 0 Å². The number of fused-ring (bicyclic) bond motifs is 2. The molecule has 2 fully saturated rings. The molecule has 102 valence electrons. The van der Waals surface area contributed by atoms with Crippen LogP contribution in [0, 0.1) is 0 Å². The van der Waals surface area contributed by atoms with Gasteiger partial charge in [0.05, 0.1) is 18.0 Å². The number of carbonyl (C=O) groups is 1. The number of hydrogen-bond acceptors (Lipinski definition) is 5. The fraction of sp³-hybridized carbons (Fsp3) is 0.538. The molecule has 1 aromatic rings. The van der Waals surface area contributed by atoms with E-state index in [-0.39, 0.29) is 23.8 Å². The van der Waals surface area contributed by atoms with Crippen LogP contribution in [0.25, 0.3) is 0 Å². The molecule has 0 aliphatic carbocycles. The van der Waals surface area contributed by atoms with Crippen molar-refractivity contribution in [2.75, 3.05) is 10.6 Å². The number of piperidine rings is 1. The van der Waals surface area contributed by atoms with Crippen molar-refractivity contribution in [1.29, 1.82) is 0 Å². The second kappa shape index (κ2) is 4.38. The van der Waals surface area contributed by atoms with Crippen LogP contribution < -0.4 is 10.6 Å². The number of nitrogen functional groups attached to an aromatic ring is 1. The summed E-state index contributed by atoms with van der Waals surface area (Å²) in [5.41, 5.74) is 6.12. The fourth-order valence-corrected chi connectivity index (χ4v) is 3.33. The third-order valence-electron chi connectivity index (χ3n) is 4.07. The van der Waals surface area contributed by atoms with Gasteiger partial charge in [0.1, 0.15) is 11.4 Å². The van der Waals surface area contributed by atoms with Crippen LogP contribution in [-0.2, 0) is 0 Å². The van der Waals surface area contributed by atoms with Crippen LogP contribution in [0.5, 0.6) is 0 Å². The average molecular weight is 263 g/mol. The lowest BCUT2D eigenvalue weighted by molar-refractivity contribution is 0.0696. The first-order valence-corrected chi connectivity index (χ1v) is 6.51. The molecule has 6 heteroatoms. The number of aliphatic hydroxyl groups is 1. The van der Waals surface area contributed by atoms with Crippen LogP contribution in [0.15, 0.2) is 12.3 Å². The molecule has 6 nitrogen and oxygen atoms in total. The number of nitrogens with zero attached hydrogens (tertiary/aromatic N) is 2. The predicted molar refractivity (Wildman–Crippen MR) is 70.1 cm³/mol. The summed E-state index contributed by atoms with van der Waals surface area (Å²) >= 11 is 0. The number of anilines is 2. The standard InChI is InChI=1S/C13H17N3O3/c14-7-3-11(13(18)19)12(15-6-7)16-8-1-2-9(16)5-10(17)4-8/h3,6,8-10,17H,1-2,4-5,14H2,(H,18,19). The first-order chi connectivity index (χ1) is 9.06. The van der Waals surface area contributed by atoms with Gasteiger partial charge < -0.3 is 20.8 Å². The van der Waals surface area contributed by atoms with Crippen molar-refractivity contribution in [2.24, 2.45) is 0 Å². The second-order valence-electron chi connectivity index (χ2n) is 5.36. The fourth-order valence-electron chi connectivity index (χ4n) is 3.33. The Morgan fingerprint density at radius 1 is 1.37 bits per heavy atom. The first kappa shape index (κ1) is 12.2.